The van der Waals surface area contributed by atoms with Gasteiger partial charge >= 0.3 is 5.69 Å². The highest BCUT2D eigenvalue weighted by Gasteiger charge is 2.35. The number of rotatable bonds is 4. The zero-order valence-corrected chi connectivity index (χ0v) is 12.2. The summed E-state index contributed by atoms with van der Waals surface area (Å²) in [4.78, 5) is 16.9. The van der Waals surface area contributed by atoms with Crippen molar-refractivity contribution in [2.24, 2.45) is 17.8 Å². The van der Waals surface area contributed by atoms with Crippen molar-refractivity contribution in [3.63, 3.8) is 0 Å². The Morgan fingerprint density at radius 3 is 2.86 bits per heavy atom. The molecular weight excluding hydrogens is 262 g/mol. The first kappa shape index (κ1) is 12.9. The fourth-order valence-electron chi connectivity index (χ4n) is 3.89. The van der Waals surface area contributed by atoms with Crippen LogP contribution in [-0.2, 0) is 0 Å². The molecule has 1 aromatic carbocycles. The SMILES string of the molecule is CC(NCC1CC2C=CC1C2)c1ccc2[nH]c(=O)[nH]c2c1. The molecule has 1 saturated carbocycles. The van der Waals surface area contributed by atoms with Gasteiger partial charge in [0.25, 0.3) is 0 Å². The number of allylic oxidation sites excluding steroid dienone is 2. The maximum Gasteiger partial charge on any atom is 0.323 e. The second-order valence-electron chi connectivity index (χ2n) is 6.55. The average molecular weight is 283 g/mol. The van der Waals surface area contributed by atoms with Gasteiger partial charge in [-0.25, -0.2) is 4.79 Å². The predicted molar refractivity (Wildman–Crippen MR) is 84.2 cm³/mol. The number of nitrogens with one attached hydrogen (secondary N) is 3. The number of aromatic amines is 2. The number of H-pyrrole nitrogens is 2. The second kappa shape index (κ2) is 4.88. The van der Waals surface area contributed by atoms with Crippen molar-refractivity contribution in [3.8, 4) is 0 Å². The van der Waals surface area contributed by atoms with E-state index in [-0.39, 0.29) is 5.69 Å². The largest absolute Gasteiger partial charge is 0.323 e. The molecule has 2 bridgehead atoms. The van der Waals surface area contributed by atoms with Gasteiger partial charge in [0.15, 0.2) is 0 Å². The van der Waals surface area contributed by atoms with Gasteiger partial charge in [-0.2, -0.15) is 0 Å². The van der Waals surface area contributed by atoms with Gasteiger partial charge in [0.1, 0.15) is 0 Å². The first-order valence-corrected chi connectivity index (χ1v) is 7.82. The summed E-state index contributed by atoms with van der Waals surface area (Å²) in [6, 6.07) is 6.42. The second-order valence-corrected chi connectivity index (χ2v) is 6.55. The molecule has 0 aliphatic heterocycles. The van der Waals surface area contributed by atoms with Gasteiger partial charge in [-0.1, -0.05) is 18.2 Å². The summed E-state index contributed by atoms with van der Waals surface area (Å²) in [6.07, 6.45) is 7.49. The van der Waals surface area contributed by atoms with Crippen LogP contribution in [0.3, 0.4) is 0 Å². The van der Waals surface area contributed by atoms with Crippen LogP contribution in [0.15, 0.2) is 35.1 Å². The molecule has 2 aliphatic carbocycles. The van der Waals surface area contributed by atoms with Crippen molar-refractivity contribution in [1.29, 1.82) is 0 Å². The molecule has 1 aromatic heterocycles. The van der Waals surface area contributed by atoms with E-state index in [9.17, 15) is 4.79 Å². The normalized spacial score (nSPS) is 28.5. The van der Waals surface area contributed by atoms with Crippen molar-refractivity contribution >= 4 is 11.0 Å². The first-order chi connectivity index (χ1) is 10.2. The highest BCUT2D eigenvalue weighted by Crippen LogP contribution is 2.43. The fraction of sp³-hybridized carbons (Fsp3) is 0.471. The van der Waals surface area contributed by atoms with Crippen LogP contribution in [0.4, 0.5) is 0 Å². The Labute approximate surface area is 123 Å². The van der Waals surface area contributed by atoms with Crippen LogP contribution in [0.5, 0.6) is 0 Å². The molecule has 0 amide bonds. The van der Waals surface area contributed by atoms with Gasteiger partial charge < -0.3 is 15.3 Å². The van der Waals surface area contributed by atoms with Crippen LogP contribution >= 0.6 is 0 Å². The van der Waals surface area contributed by atoms with E-state index in [0.717, 1.165) is 35.3 Å². The molecule has 1 fully saturated rings. The maximum absolute atomic E-state index is 11.3. The number of fused-ring (bicyclic) bond motifs is 3. The van der Waals surface area contributed by atoms with E-state index < -0.39 is 0 Å². The first-order valence-electron chi connectivity index (χ1n) is 7.82. The molecule has 0 saturated heterocycles. The number of hydrogen-bond donors (Lipinski definition) is 3. The third-order valence-electron chi connectivity index (χ3n) is 5.14. The minimum absolute atomic E-state index is 0.142. The molecule has 4 unspecified atom stereocenters. The summed E-state index contributed by atoms with van der Waals surface area (Å²) in [6.45, 7) is 3.27. The Balaban J connectivity index is 1.44. The highest BCUT2D eigenvalue weighted by molar-refractivity contribution is 5.75. The molecule has 0 spiro atoms. The quantitative estimate of drug-likeness (QED) is 0.756. The van der Waals surface area contributed by atoms with Crippen LogP contribution in [0.25, 0.3) is 11.0 Å². The third kappa shape index (κ3) is 2.33. The van der Waals surface area contributed by atoms with E-state index in [1.54, 1.807) is 0 Å². The third-order valence-corrected chi connectivity index (χ3v) is 5.14. The minimum Gasteiger partial charge on any atom is -0.310 e. The molecule has 2 aromatic rings. The lowest BCUT2D eigenvalue weighted by molar-refractivity contribution is 0.393. The Bertz CT molecular complexity index is 742. The van der Waals surface area contributed by atoms with E-state index >= 15 is 0 Å². The van der Waals surface area contributed by atoms with E-state index in [4.69, 9.17) is 0 Å². The van der Waals surface area contributed by atoms with Crippen molar-refractivity contribution in [2.75, 3.05) is 6.54 Å². The molecule has 21 heavy (non-hydrogen) atoms. The number of benzene rings is 1. The van der Waals surface area contributed by atoms with Gasteiger partial charge in [-0.3, -0.25) is 0 Å². The lowest BCUT2D eigenvalue weighted by Gasteiger charge is -2.22. The van der Waals surface area contributed by atoms with Crippen molar-refractivity contribution in [3.05, 3.63) is 46.4 Å². The van der Waals surface area contributed by atoms with Gasteiger partial charge in [0.05, 0.1) is 11.0 Å². The Morgan fingerprint density at radius 2 is 2.10 bits per heavy atom. The van der Waals surface area contributed by atoms with Gasteiger partial charge in [0.2, 0.25) is 0 Å². The van der Waals surface area contributed by atoms with E-state index in [2.05, 4.69) is 46.5 Å². The van der Waals surface area contributed by atoms with E-state index in [1.165, 1.54) is 18.4 Å². The molecular formula is C17H21N3O. The molecule has 4 heteroatoms. The fourth-order valence-corrected chi connectivity index (χ4v) is 3.89. The molecule has 4 atom stereocenters. The molecule has 4 nitrogen and oxygen atoms in total. The van der Waals surface area contributed by atoms with Gasteiger partial charge in [-0.15, -0.1) is 0 Å². The van der Waals surface area contributed by atoms with Crippen molar-refractivity contribution < 1.29 is 0 Å². The zero-order valence-electron chi connectivity index (χ0n) is 12.2. The summed E-state index contributed by atoms with van der Waals surface area (Å²) < 4.78 is 0. The zero-order chi connectivity index (χ0) is 14.4. The summed E-state index contributed by atoms with van der Waals surface area (Å²) in [5.41, 5.74) is 2.83. The standard InChI is InChI=1S/C17H21N3O/c1-10(18-9-14-7-11-2-3-13(14)6-11)12-4-5-15-16(8-12)20-17(21)19-15/h2-5,8,10-11,13-14,18H,6-7,9H2,1H3,(H2,19,20,21). The topological polar surface area (TPSA) is 60.7 Å². The molecule has 3 N–H and O–H groups in total. The lowest BCUT2D eigenvalue weighted by atomic mass is 9.93. The van der Waals surface area contributed by atoms with Crippen molar-refractivity contribution in [1.82, 2.24) is 15.3 Å². The van der Waals surface area contributed by atoms with Crippen LogP contribution in [0, 0.1) is 17.8 Å². The minimum atomic E-state index is -0.142. The summed E-state index contributed by atoms with van der Waals surface area (Å²) >= 11 is 0. The van der Waals surface area contributed by atoms with Crippen LogP contribution in [0.1, 0.15) is 31.4 Å². The molecule has 4 rings (SSSR count). The Kier molecular flexibility index (Phi) is 3.00. The van der Waals surface area contributed by atoms with Gasteiger partial charge in [-0.05, 0) is 61.8 Å². The summed E-state index contributed by atoms with van der Waals surface area (Å²) in [7, 11) is 0. The van der Waals surface area contributed by atoms with Crippen LogP contribution in [0.2, 0.25) is 0 Å². The highest BCUT2D eigenvalue weighted by atomic mass is 16.1. The average Bonchev–Trinajstić information content (AvgIpc) is 3.17. The molecule has 110 valence electrons. The summed E-state index contributed by atoms with van der Waals surface area (Å²) in [5, 5.41) is 3.66. The molecule has 1 heterocycles. The number of aromatic nitrogens is 2. The van der Waals surface area contributed by atoms with Crippen molar-refractivity contribution in [2.45, 2.75) is 25.8 Å². The molecule has 2 aliphatic rings. The number of hydrogen-bond acceptors (Lipinski definition) is 2. The Morgan fingerprint density at radius 1 is 1.24 bits per heavy atom. The van der Waals surface area contributed by atoms with Gasteiger partial charge in [0, 0.05) is 6.04 Å². The number of imidazole rings is 1. The Hall–Kier alpha value is -1.81. The molecule has 0 radical (unpaired) electrons. The van der Waals surface area contributed by atoms with Crippen LogP contribution < -0.4 is 11.0 Å². The monoisotopic (exact) mass is 283 g/mol. The van der Waals surface area contributed by atoms with Crippen LogP contribution in [-0.4, -0.2) is 16.5 Å². The maximum atomic E-state index is 11.3. The van der Waals surface area contributed by atoms with E-state index in [0.29, 0.717) is 6.04 Å². The smallest absolute Gasteiger partial charge is 0.310 e. The predicted octanol–water partition coefficient (Wildman–Crippen LogP) is 2.72. The lowest BCUT2D eigenvalue weighted by Crippen LogP contribution is -2.27. The summed E-state index contributed by atoms with van der Waals surface area (Å²) in [5.74, 6) is 2.41. The van der Waals surface area contributed by atoms with E-state index in [1.807, 2.05) is 6.07 Å².